The van der Waals surface area contributed by atoms with Gasteiger partial charge in [0.05, 0.1) is 0 Å². The maximum atomic E-state index is 7.82. The third kappa shape index (κ3) is 5.40. The molecule has 0 fully saturated rings. The molecule has 228 valence electrons. The van der Waals surface area contributed by atoms with Crippen LogP contribution in [0.4, 0.5) is 0 Å². The molecule has 0 aliphatic heterocycles. The van der Waals surface area contributed by atoms with Crippen LogP contribution < -0.4 is 20.7 Å². The normalized spacial score (nSPS) is 13.8. The number of fused-ring (bicyclic) bond motifs is 1. The quantitative estimate of drug-likeness (QED) is 0.163. The molecule has 0 saturated carbocycles. The van der Waals surface area contributed by atoms with Gasteiger partial charge in [0.25, 0.3) is 0 Å². The van der Waals surface area contributed by atoms with Gasteiger partial charge in [0.2, 0.25) is 0 Å². The fourth-order valence-electron chi connectivity index (χ4n) is 7.13. The first kappa shape index (κ1) is 30.9. The van der Waals surface area contributed by atoms with E-state index in [9.17, 15) is 0 Å². The average molecular weight is 625 g/mol. The van der Waals surface area contributed by atoms with E-state index in [-0.39, 0.29) is 10.1 Å². The Balaban J connectivity index is 1.63. The average Bonchev–Trinajstić information content (AvgIpc) is 3.39. The molecule has 0 unspecified atom stereocenters. The molecular formula is C41H44O2Si2. The lowest BCUT2D eigenvalue weighted by Gasteiger charge is -2.45. The number of hydrogen-bond acceptors (Lipinski definition) is 2. The Morgan fingerprint density at radius 1 is 0.422 bits per heavy atom. The van der Waals surface area contributed by atoms with Crippen LogP contribution in [-0.2, 0) is 15.3 Å². The van der Waals surface area contributed by atoms with Crippen LogP contribution in [0, 0.1) is 0 Å². The van der Waals surface area contributed by atoms with Gasteiger partial charge in [-0.15, -0.1) is 0 Å². The summed E-state index contributed by atoms with van der Waals surface area (Å²) in [6.45, 7) is 14.0. The Morgan fingerprint density at radius 2 is 0.756 bits per heavy atom. The summed E-state index contributed by atoms with van der Waals surface area (Å²) >= 11 is 0. The Morgan fingerprint density at radius 3 is 1.13 bits per heavy atom. The topological polar surface area (TPSA) is 18.5 Å². The summed E-state index contributed by atoms with van der Waals surface area (Å²) in [4.78, 5) is 0. The van der Waals surface area contributed by atoms with Crippen molar-refractivity contribution < 1.29 is 8.85 Å². The van der Waals surface area contributed by atoms with Crippen molar-refractivity contribution in [1.82, 2.24) is 0 Å². The highest BCUT2D eigenvalue weighted by atomic mass is 28.4. The van der Waals surface area contributed by atoms with Gasteiger partial charge in [-0.25, -0.2) is 0 Å². The van der Waals surface area contributed by atoms with Gasteiger partial charge in [0, 0.05) is 12.0 Å². The van der Waals surface area contributed by atoms with Crippen LogP contribution in [-0.4, -0.2) is 16.6 Å². The minimum absolute atomic E-state index is 0.167. The minimum Gasteiger partial charge on any atom is -0.534 e. The molecule has 2 nitrogen and oxygen atoms in total. The highest BCUT2D eigenvalue weighted by molar-refractivity contribution is 7.00. The van der Waals surface area contributed by atoms with Crippen LogP contribution in [0.15, 0.2) is 151 Å². The van der Waals surface area contributed by atoms with Crippen molar-refractivity contribution in [2.75, 3.05) is 0 Å². The molecule has 0 N–H and O–H groups in total. The second-order valence-corrected chi connectivity index (χ2v) is 22.6. The molecule has 0 spiro atoms. The third-order valence-electron chi connectivity index (χ3n) is 9.23. The van der Waals surface area contributed by atoms with Crippen molar-refractivity contribution in [2.45, 2.75) is 58.0 Å². The van der Waals surface area contributed by atoms with E-state index < -0.39 is 16.6 Å². The van der Waals surface area contributed by atoms with Gasteiger partial charge < -0.3 is 8.85 Å². The third-order valence-corrected chi connectivity index (χ3v) is 19.1. The van der Waals surface area contributed by atoms with Gasteiger partial charge in [0.1, 0.15) is 11.5 Å². The van der Waals surface area contributed by atoms with Crippen LogP contribution in [0.2, 0.25) is 10.1 Å². The van der Waals surface area contributed by atoms with Crippen molar-refractivity contribution >= 4 is 43.1 Å². The molecule has 0 radical (unpaired) electrons. The summed E-state index contributed by atoms with van der Waals surface area (Å²) in [5.74, 6) is 1.84. The molecule has 45 heavy (non-hydrogen) atoms. The second kappa shape index (κ2) is 12.0. The second-order valence-electron chi connectivity index (χ2n) is 14.1. The Hall–Kier alpha value is -4.13. The zero-order valence-electron chi connectivity index (χ0n) is 27.4. The van der Waals surface area contributed by atoms with E-state index in [1.165, 1.54) is 26.3 Å². The highest BCUT2D eigenvalue weighted by Crippen LogP contribution is 2.46. The van der Waals surface area contributed by atoms with E-state index in [1.807, 2.05) is 0 Å². The number of hydrogen-bond donors (Lipinski definition) is 0. The maximum Gasteiger partial charge on any atom is 0.320 e. The molecule has 4 heteroatoms. The van der Waals surface area contributed by atoms with Gasteiger partial charge >= 0.3 is 16.6 Å². The van der Waals surface area contributed by atoms with Gasteiger partial charge in [0.15, 0.2) is 0 Å². The summed E-state index contributed by atoms with van der Waals surface area (Å²) in [6.07, 6.45) is 0.703. The van der Waals surface area contributed by atoms with Crippen LogP contribution in [0.1, 0.15) is 52.7 Å². The Labute approximate surface area is 271 Å². The van der Waals surface area contributed by atoms with Crippen molar-refractivity contribution in [3.05, 3.63) is 162 Å². The fourth-order valence-corrected chi connectivity index (χ4v) is 16.1. The molecule has 0 bridgehead atoms. The first-order chi connectivity index (χ1) is 21.6. The number of allylic oxidation sites excluding steroid dienone is 1. The molecule has 5 aromatic rings. The summed E-state index contributed by atoms with van der Waals surface area (Å²) in [5.41, 5.74) is 2.39. The fraction of sp³-hybridized carbons (Fsp3) is 0.220. The maximum absolute atomic E-state index is 7.82. The lowest BCUT2D eigenvalue weighted by Crippen LogP contribution is -2.67. The molecule has 1 aliphatic carbocycles. The summed E-state index contributed by atoms with van der Waals surface area (Å²) in [7, 11) is -5.82. The summed E-state index contributed by atoms with van der Waals surface area (Å²) in [6, 6.07) is 52.3. The van der Waals surface area contributed by atoms with Crippen LogP contribution in [0.3, 0.4) is 0 Å². The molecule has 0 atom stereocenters. The lowest BCUT2D eigenvalue weighted by molar-refractivity contribution is 0.369. The van der Waals surface area contributed by atoms with E-state index in [0.29, 0.717) is 6.42 Å². The van der Waals surface area contributed by atoms with Crippen LogP contribution >= 0.6 is 0 Å². The predicted molar refractivity (Wildman–Crippen MR) is 194 cm³/mol. The first-order valence-electron chi connectivity index (χ1n) is 16.0. The van der Waals surface area contributed by atoms with E-state index in [0.717, 1.165) is 17.1 Å². The molecule has 6 rings (SSSR count). The molecule has 0 amide bonds. The van der Waals surface area contributed by atoms with Crippen molar-refractivity contribution in [3.8, 4) is 0 Å². The van der Waals surface area contributed by atoms with Gasteiger partial charge in [-0.2, -0.15) is 0 Å². The highest BCUT2D eigenvalue weighted by Gasteiger charge is 2.56. The standard InChI is InChI=1S/C41H44O2Si2/c1-40(2,3)44(33-22-11-7-12-23-33,34-24-13-8-14-25-34)42-38-31-32-21-19-20-30-37(32)39(38)43-45(41(4,5)6,35-26-15-9-16-27-35)36-28-17-10-18-29-36/h7-30H,31H2,1-6H3. The predicted octanol–water partition coefficient (Wildman–Crippen LogP) is 8.06. The molecule has 0 heterocycles. The molecule has 5 aromatic carbocycles. The van der Waals surface area contributed by atoms with Crippen molar-refractivity contribution in [1.29, 1.82) is 0 Å². The van der Waals surface area contributed by atoms with E-state index in [1.54, 1.807) is 0 Å². The van der Waals surface area contributed by atoms with Gasteiger partial charge in [-0.3, -0.25) is 0 Å². The smallest absolute Gasteiger partial charge is 0.320 e. The Bertz CT molecular complexity index is 1690. The number of rotatable bonds is 8. The molecule has 1 aliphatic rings. The monoisotopic (exact) mass is 624 g/mol. The first-order valence-corrected chi connectivity index (χ1v) is 19.8. The molecular weight excluding hydrogens is 581 g/mol. The van der Waals surface area contributed by atoms with E-state index in [4.69, 9.17) is 8.85 Å². The summed E-state index contributed by atoms with van der Waals surface area (Å²) < 4.78 is 15.6. The minimum atomic E-state index is -2.93. The lowest BCUT2D eigenvalue weighted by atomic mass is 10.1. The van der Waals surface area contributed by atoms with E-state index >= 15 is 0 Å². The molecule has 0 saturated heterocycles. The Kier molecular flexibility index (Phi) is 8.23. The van der Waals surface area contributed by atoms with Crippen molar-refractivity contribution in [3.63, 3.8) is 0 Å². The van der Waals surface area contributed by atoms with Gasteiger partial charge in [-0.05, 0) is 36.4 Å². The SMILES string of the molecule is CC(C)(C)[Si](OC1=C(O[Si](c2ccccc2)(c2ccccc2)C(C)(C)C)c2ccccc2C1)(c1ccccc1)c1ccccc1. The number of benzene rings is 5. The van der Waals surface area contributed by atoms with Gasteiger partial charge in [-0.1, -0.05) is 187 Å². The zero-order chi connectivity index (χ0) is 31.7. The molecule has 0 aromatic heterocycles. The van der Waals surface area contributed by atoms with Crippen LogP contribution in [0.5, 0.6) is 0 Å². The summed E-state index contributed by atoms with van der Waals surface area (Å²) in [5, 5.41) is 4.69. The van der Waals surface area contributed by atoms with E-state index in [2.05, 4.69) is 187 Å². The van der Waals surface area contributed by atoms with Crippen molar-refractivity contribution in [2.24, 2.45) is 0 Å². The largest absolute Gasteiger partial charge is 0.534 e. The van der Waals surface area contributed by atoms with Crippen LogP contribution in [0.25, 0.3) is 5.76 Å². The zero-order valence-corrected chi connectivity index (χ0v) is 29.4.